The molecule has 0 heterocycles. The van der Waals surface area contributed by atoms with E-state index in [2.05, 4.69) is 57.2 Å². The summed E-state index contributed by atoms with van der Waals surface area (Å²) in [5.74, 6) is -0.911. The van der Waals surface area contributed by atoms with Gasteiger partial charge in [-0.2, -0.15) is 0 Å². The fraction of sp³-hybridized carbons (Fsp3) is 0.827. The maximum atomic E-state index is 12.8. The molecule has 0 aliphatic heterocycles. The summed E-state index contributed by atoms with van der Waals surface area (Å²) in [6, 6.07) is 0. The third-order valence-electron chi connectivity index (χ3n) is 10.9. The second-order valence-electron chi connectivity index (χ2n) is 16.7. The second-order valence-corrected chi connectivity index (χ2v) is 16.7. The van der Waals surface area contributed by atoms with Crippen LogP contribution in [0.15, 0.2) is 36.5 Å². The molecule has 338 valence electrons. The third kappa shape index (κ3) is 44.7. The molecule has 0 aromatic carbocycles. The van der Waals surface area contributed by atoms with Crippen molar-refractivity contribution in [3.05, 3.63) is 36.5 Å². The lowest BCUT2D eigenvalue weighted by Gasteiger charge is -2.18. The van der Waals surface area contributed by atoms with Crippen LogP contribution >= 0.6 is 0 Å². The standard InChI is InChI=1S/C52H94O6/c1-4-7-10-13-16-19-22-25-26-28-30-33-36-39-42-45-51(54)57-48-49(47-56-50(53)44-41-38-35-32-29-24-21-18-15-12-9-6-3)58-52(55)46-43-40-37-34-31-27-23-20-17-14-11-8-5-2/h16,19,25-26,30,33,49H,4-15,17-18,20-24,27-29,31-32,34-48H2,1-3H3/b19-16-,26-25-,33-30-/t49-/m1/s1. The Morgan fingerprint density at radius 1 is 0.345 bits per heavy atom. The largest absolute Gasteiger partial charge is 0.462 e. The van der Waals surface area contributed by atoms with Crippen molar-refractivity contribution in [2.24, 2.45) is 0 Å². The van der Waals surface area contributed by atoms with Gasteiger partial charge >= 0.3 is 17.9 Å². The summed E-state index contributed by atoms with van der Waals surface area (Å²) in [5, 5.41) is 0. The van der Waals surface area contributed by atoms with Crippen LogP contribution in [0.2, 0.25) is 0 Å². The van der Waals surface area contributed by atoms with E-state index in [1.165, 1.54) is 148 Å². The monoisotopic (exact) mass is 815 g/mol. The number of unbranched alkanes of at least 4 members (excludes halogenated alkanes) is 28. The maximum Gasteiger partial charge on any atom is 0.306 e. The van der Waals surface area contributed by atoms with Gasteiger partial charge in [0.25, 0.3) is 0 Å². The lowest BCUT2D eigenvalue weighted by molar-refractivity contribution is -0.167. The Morgan fingerprint density at radius 3 is 1.00 bits per heavy atom. The normalized spacial score (nSPS) is 12.3. The van der Waals surface area contributed by atoms with E-state index in [0.717, 1.165) is 70.6 Å². The number of allylic oxidation sites excluding steroid dienone is 6. The molecular weight excluding hydrogens is 721 g/mol. The average molecular weight is 815 g/mol. The Labute approximate surface area is 359 Å². The highest BCUT2D eigenvalue weighted by Crippen LogP contribution is 2.15. The van der Waals surface area contributed by atoms with Crippen molar-refractivity contribution in [2.45, 2.75) is 264 Å². The van der Waals surface area contributed by atoms with E-state index in [9.17, 15) is 14.4 Å². The maximum absolute atomic E-state index is 12.8. The Bertz CT molecular complexity index is 984. The lowest BCUT2D eigenvalue weighted by Crippen LogP contribution is -2.30. The Balaban J connectivity index is 4.41. The topological polar surface area (TPSA) is 78.9 Å². The molecule has 0 aromatic rings. The van der Waals surface area contributed by atoms with Gasteiger partial charge in [-0.05, 0) is 57.8 Å². The first-order valence-electron chi connectivity index (χ1n) is 25.0. The minimum atomic E-state index is -0.781. The fourth-order valence-corrected chi connectivity index (χ4v) is 7.10. The zero-order valence-corrected chi connectivity index (χ0v) is 38.6. The van der Waals surface area contributed by atoms with E-state index in [1.54, 1.807) is 0 Å². The first-order chi connectivity index (χ1) is 28.5. The number of rotatable bonds is 45. The molecule has 0 saturated carbocycles. The van der Waals surface area contributed by atoms with Crippen LogP contribution in [0.4, 0.5) is 0 Å². The van der Waals surface area contributed by atoms with Crippen molar-refractivity contribution in [3.8, 4) is 0 Å². The average Bonchev–Trinajstić information content (AvgIpc) is 3.22. The molecule has 0 N–H and O–H groups in total. The molecule has 58 heavy (non-hydrogen) atoms. The highest BCUT2D eigenvalue weighted by molar-refractivity contribution is 5.71. The number of ether oxygens (including phenoxy) is 3. The quantitative estimate of drug-likeness (QED) is 0.0264. The van der Waals surface area contributed by atoms with E-state index in [0.29, 0.717) is 19.3 Å². The second kappa shape index (κ2) is 47.3. The van der Waals surface area contributed by atoms with Gasteiger partial charge in [0.15, 0.2) is 6.10 Å². The molecule has 0 aromatic heterocycles. The molecule has 0 aliphatic rings. The van der Waals surface area contributed by atoms with Crippen LogP contribution in [0.5, 0.6) is 0 Å². The van der Waals surface area contributed by atoms with Crippen molar-refractivity contribution in [3.63, 3.8) is 0 Å². The zero-order chi connectivity index (χ0) is 42.3. The van der Waals surface area contributed by atoms with Crippen molar-refractivity contribution in [1.29, 1.82) is 0 Å². The highest BCUT2D eigenvalue weighted by Gasteiger charge is 2.19. The molecule has 0 spiro atoms. The van der Waals surface area contributed by atoms with Crippen LogP contribution in [0, 0.1) is 0 Å². The number of esters is 3. The molecule has 0 radical (unpaired) electrons. The third-order valence-corrected chi connectivity index (χ3v) is 10.9. The molecule has 0 rings (SSSR count). The van der Waals surface area contributed by atoms with Crippen LogP contribution in [0.3, 0.4) is 0 Å². The van der Waals surface area contributed by atoms with Crippen LogP contribution in [0.25, 0.3) is 0 Å². The summed E-state index contributed by atoms with van der Waals surface area (Å²) < 4.78 is 16.7. The molecule has 0 bridgehead atoms. The summed E-state index contributed by atoms with van der Waals surface area (Å²) >= 11 is 0. The van der Waals surface area contributed by atoms with Gasteiger partial charge in [-0.15, -0.1) is 0 Å². The minimum Gasteiger partial charge on any atom is -0.462 e. The predicted octanol–water partition coefficient (Wildman–Crippen LogP) is 16.1. The van der Waals surface area contributed by atoms with E-state index in [1.807, 2.05) is 0 Å². The number of carbonyl (C=O) groups excluding carboxylic acids is 3. The number of hydrogen-bond donors (Lipinski definition) is 0. The SMILES string of the molecule is CCCCC/C=C\C/C=C\C/C=C\CCCCC(=O)OC[C@@H](COC(=O)CCCCCCCCCCCCCC)OC(=O)CCCCCCCCCCCCCCC. The molecule has 0 unspecified atom stereocenters. The molecule has 0 amide bonds. The van der Waals surface area contributed by atoms with Crippen LogP contribution < -0.4 is 0 Å². The van der Waals surface area contributed by atoms with Crippen molar-refractivity contribution in [1.82, 2.24) is 0 Å². The number of carbonyl (C=O) groups is 3. The van der Waals surface area contributed by atoms with Gasteiger partial charge in [-0.1, -0.05) is 218 Å². The first kappa shape index (κ1) is 55.6. The summed E-state index contributed by atoms with van der Waals surface area (Å²) in [7, 11) is 0. The number of hydrogen-bond acceptors (Lipinski definition) is 6. The van der Waals surface area contributed by atoms with Gasteiger partial charge < -0.3 is 14.2 Å². The fourth-order valence-electron chi connectivity index (χ4n) is 7.10. The molecule has 6 nitrogen and oxygen atoms in total. The van der Waals surface area contributed by atoms with Gasteiger partial charge in [-0.25, -0.2) is 0 Å². The Hall–Kier alpha value is -2.37. The van der Waals surface area contributed by atoms with E-state index < -0.39 is 6.10 Å². The minimum absolute atomic E-state index is 0.0802. The summed E-state index contributed by atoms with van der Waals surface area (Å²) in [6.45, 7) is 6.58. The van der Waals surface area contributed by atoms with Gasteiger partial charge in [0.05, 0.1) is 0 Å². The van der Waals surface area contributed by atoms with E-state index in [-0.39, 0.29) is 31.1 Å². The van der Waals surface area contributed by atoms with Crippen molar-refractivity contribution < 1.29 is 28.6 Å². The molecule has 0 aliphatic carbocycles. The highest BCUT2D eigenvalue weighted by atomic mass is 16.6. The predicted molar refractivity (Wildman–Crippen MR) is 247 cm³/mol. The van der Waals surface area contributed by atoms with Crippen LogP contribution in [-0.2, 0) is 28.6 Å². The molecule has 1 atom stereocenters. The van der Waals surface area contributed by atoms with Crippen LogP contribution in [0.1, 0.15) is 258 Å². The van der Waals surface area contributed by atoms with Gasteiger partial charge in [0.2, 0.25) is 0 Å². The summed E-state index contributed by atoms with van der Waals surface area (Å²) in [5.41, 5.74) is 0. The van der Waals surface area contributed by atoms with Crippen molar-refractivity contribution in [2.75, 3.05) is 13.2 Å². The van der Waals surface area contributed by atoms with Crippen molar-refractivity contribution >= 4 is 17.9 Å². The van der Waals surface area contributed by atoms with Crippen LogP contribution in [-0.4, -0.2) is 37.2 Å². The summed E-state index contributed by atoms with van der Waals surface area (Å²) in [6.07, 6.45) is 54.1. The summed E-state index contributed by atoms with van der Waals surface area (Å²) in [4.78, 5) is 37.9. The lowest BCUT2D eigenvalue weighted by atomic mass is 10.0. The molecule has 0 fully saturated rings. The van der Waals surface area contributed by atoms with Gasteiger partial charge in [-0.3, -0.25) is 14.4 Å². The molecule has 0 saturated heterocycles. The molecular formula is C52H94O6. The van der Waals surface area contributed by atoms with Gasteiger partial charge in [0.1, 0.15) is 13.2 Å². The van der Waals surface area contributed by atoms with E-state index >= 15 is 0 Å². The smallest absolute Gasteiger partial charge is 0.306 e. The van der Waals surface area contributed by atoms with Gasteiger partial charge in [0, 0.05) is 19.3 Å². The Kier molecular flexibility index (Phi) is 45.4. The van der Waals surface area contributed by atoms with E-state index in [4.69, 9.17) is 14.2 Å². The molecule has 6 heteroatoms. The Morgan fingerprint density at radius 2 is 0.621 bits per heavy atom. The zero-order valence-electron chi connectivity index (χ0n) is 38.6. The first-order valence-corrected chi connectivity index (χ1v) is 25.0.